The molecular weight excluding hydrogens is 388 g/mol. The number of halogens is 3. The van der Waals surface area contributed by atoms with Gasteiger partial charge in [-0.3, -0.25) is 0 Å². The fraction of sp³-hybridized carbons (Fsp3) is 0. The van der Waals surface area contributed by atoms with Crippen LogP contribution in [0.15, 0.2) is 46.6 Å². The molecule has 2 rings (SSSR count). The molecule has 27 heavy (non-hydrogen) atoms. The highest BCUT2D eigenvalue weighted by atomic mass is 35.5. The largest absolute Gasteiger partial charge is 0.423 e. The molecule has 0 unspecified atom stereocenters. The van der Waals surface area contributed by atoms with Crippen molar-refractivity contribution in [3.05, 3.63) is 74.3 Å². The maximum atomic E-state index is 13.2. The molecule has 0 bridgehead atoms. The highest BCUT2D eigenvalue weighted by molar-refractivity contribution is 6.33. The quantitative estimate of drug-likeness (QED) is 0.151. The first-order chi connectivity index (χ1) is 12.8. The monoisotopic (exact) mass is 397 g/mol. The maximum absolute atomic E-state index is 13.2. The third kappa shape index (κ3) is 5.71. The molecular formula is C15H10ClF2N5O4. The number of nitrogens with one attached hydrogen (secondary N) is 1. The Balaban J connectivity index is 2.04. The first-order valence-corrected chi connectivity index (χ1v) is 7.38. The fourth-order valence-electron chi connectivity index (χ4n) is 1.74. The molecule has 0 heterocycles. The smallest absolute Gasteiger partial charge is 0.345 e. The Bertz CT molecular complexity index is 935. The number of ether oxygens (including phenoxy) is 1. The van der Waals surface area contributed by atoms with Crippen LogP contribution in [0.4, 0.5) is 8.78 Å². The first-order valence-electron chi connectivity index (χ1n) is 7.00. The maximum Gasteiger partial charge on any atom is 0.345 e. The molecule has 0 spiro atoms. The molecule has 9 nitrogen and oxygen atoms in total. The van der Waals surface area contributed by atoms with E-state index in [0.29, 0.717) is 17.7 Å². The van der Waals surface area contributed by atoms with E-state index in [1.165, 1.54) is 30.5 Å². The number of hydrogen-bond acceptors (Lipinski definition) is 6. The van der Waals surface area contributed by atoms with Gasteiger partial charge in [0.1, 0.15) is 5.75 Å². The lowest BCUT2D eigenvalue weighted by Gasteiger charge is -2.06. The molecule has 0 fully saturated rings. The molecule has 140 valence electrons. The standard InChI is InChI=1S/C15H10ClF2N5O4/c16-11-6-13(18)12(17)5-10(11)14(24)27-9-3-1-8(2-4-9)7-20-21-15(19)22-23(25)26/h1-7H,(H3,19,21,22)/b20-7-. The molecule has 0 saturated carbocycles. The summed E-state index contributed by atoms with van der Waals surface area (Å²) in [6.07, 6.45) is 1.24. The zero-order valence-electron chi connectivity index (χ0n) is 13.2. The van der Waals surface area contributed by atoms with Crippen LogP contribution in [0.5, 0.6) is 5.75 Å². The lowest BCUT2D eigenvalue weighted by molar-refractivity contribution is -0.525. The molecule has 12 heteroatoms. The Labute approximate surface area is 155 Å². The highest BCUT2D eigenvalue weighted by Crippen LogP contribution is 2.22. The van der Waals surface area contributed by atoms with Gasteiger partial charge in [-0.25, -0.2) is 23.7 Å². The van der Waals surface area contributed by atoms with Crippen molar-refractivity contribution in [2.24, 2.45) is 15.9 Å². The Morgan fingerprint density at radius 1 is 1.26 bits per heavy atom. The van der Waals surface area contributed by atoms with Crippen LogP contribution in [0.1, 0.15) is 15.9 Å². The highest BCUT2D eigenvalue weighted by Gasteiger charge is 2.17. The van der Waals surface area contributed by atoms with Gasteiger partial charge in [0.05, 0.1) is 16.8 Å². The van der Waals surface area contributed by atoms with Crippen LogP contribution < -0.4 is 15.9 Å². The van der Waals surface area contributed by atoms with Gasteiger partial charge in [0, 0.05) is 0 Å². The van der Waals surface area contributed by atoms with Crippen LogP contribution in [0.25, 0.3) is 0 Å². The summed E-state index contributed by atoms with van der Waals surface area (Å²) in [5.41, 5.74) is 6.96. The van der Waals surface area contributed by atoms with E-state index in [9.17, 15) is 23.7 Å². The number of hydrazine groups is 1. The number of guanidine groups is 1. The van der Waals surface area contributed by atoms with E-state index < -0.39 is 28.6 Å². The second kappa shape index (κ2) is 8.67. The molecule has 2 aromatic rings. The minimum atomic E-state index is -1.23. The molecule has 0 amide bonds. The number of rotatable bonds is 5. The molecule has 0 atom stereocenters. The van der Waals surface area contributed by atoms with Gasteiger partial charge in [-0.05, 0) is 42.0 Å². The van der Waals surface area contributed by atoms with Crippen LogP contribution in [0.2, 0.25) is 5.02 Å². The third-order valence-electron chi connectivity index (χ3n) is 2.90. The Hall–Kier alpha value is -3.60. The van der Waals surface area contributed by atoms with E-state index in [2.05, 4.69) is 10.2 Å². The summed E-state index contributed by atoms with van der Waals surface area (Å²) < 4.78 is 31.3. The normalized spacial score (nSPS) is 11.4. The van der Waals surface area contributed by atoms with E-state index in [-0.39, 0.29) is 16.3 Å². The SMILES string of the molecule is NC(=N/N=C\c1ccc(OC(=O)c2cc(F)c(F)cc2Cl)cc1)N[N+](=O)[O-]. The van der Waals surface area contributed by atoms with Gasteiger partial charge in [-0.2, -0.15) is 5.10 Å². The number of carbonyl (C=O) groups is 1. The minimum absolute atomic E-state index is 0.107. The number of benzene rings is 2. The number of nitrogens with two attached hydrogens (primary N) is 1. The lowest BCUT2D eigenvalue weighted by atomic mass is 10.2. The van der Waals surface area contributed by atoms with Crippen LogP contribution in [-0.4, -0.2) is 23.2 Å². The third-order valence-corrected chi connectivity index (χ3v) is 3.21. The molecule has 0 aliphatic heterocycles. The van der Waals surface area contributed by atoms with Gasteiger partial charge < -0.3 is 10.5 Å². The average Bonchev–Trinajstić information content (AvgIpc) is 2.59. The van der Waals surface area contributed by atoms with E-state index in [1.807, 2.05) is 0 Å². The van der Waals surface area contributed by atoms with Crippen molar-refractivity contribution in [3.63, 3.8) is 0 Å². The van der Waals surface area contributed by atoms with E-state index in [0.717, 1.165) is 0 Å². The molecule has 2 aromatic carbocycles. The topological polar surface area (TPSA) is 132 Å². The number of esters is 1. The molecule has 0 aromatic heterocycles. The lowest BCUT2D eigenvalue weighted by Crippen LogP contribution is -2.35. The predicted octanol–water partition coefficient (Wildman–Crippen LogP) is 2.27. The van der Waals surface area contributed by atoms with Crippen LogP contribution in [0.3, 0.4) is 0 Å². The van der Waals surface area contributed by atoms with Crippen molar-refractivity contribution in [3.8, 4) is 5.75 Å². The van der Waals surface area contributed by atoms with Gasteiger partial charge in [-0.15, -0.1) is 5.10 Å². The predicted molar refractivity (Wildman–Crippen MR) is 92.1 cm³/mol. The summed E-state index contributed by atoms with van der Waals surface area (Å²) in [4.78, 5) is 22.1. The van der Waals surface area contributed by atoms with Crippen molar-refractivity contribution in [1.29, 1.82) is 0 Å². The van der Waals surface area contributed by atoms with Gasteiger partial charge >= 0.3 is 5.97 Å². The zero-order chi connectivity index (χ0) is 20.0. The Morgan fingerprint density at radius 2 is 1.89 bits per heavy atom. The summed E-state index contributed by atoms with van der Waals surface area (Å²) in [6.45, 7) is 0. The minimum Gasteiger partial charge on any atom is -0.423 e. The number of carbonyl (C=O) groups excluding carboxylic acids is 1. The second-order valence-corrected chi connectivity index (χ2v) is 5.21. The van der Waals surface area contributed by atoms with Crippen molar-refractivity contribution in [2.75, 3.05) is 0 Å². The second-order valence-electron chi connectivity index (χ2n) is 4.80. The number of nitrogens with zero attached hydrogens (tertiary/aromatic N) is 3. The zero-order valence-corrected chi connectivity index (χ0v) is 14.0. The summed E-state index contributed by atoms with van der Waals surface area (Å²) >= 11 is 5.71. The van der Waals surface area contributed by atoms with Gasteiger partial charge in [-0.1, -0.05) is 17.0 Å². The van der Waals surface area contributed by atoms with Crippen molar-refractivity contribution in [1.82, 2.24) is 5.43 Å². The van der Waals surface area contributed by atoms with Gasteiger partial charge in [0.2, 0.25) is 0 Å². The molecule has 0 aliphatic carbocycles. The first kappa shape index (κ1) is 19.7. The van der Waals surface area contributed by atoms with E-state index in [1.54, 1.807) is 5.43 Å². The van der Waals surface area contributed by atoms with Crippen molar-refractivity contribution in [2.45, 2.75) is 0 Å². The molecule has 3 N–H and O–H groups in total. The molecule has 0 aliphatic rings. The van der Waals surface area contributed by atoms with Gasteiger partial charge in [0.15, 0.2) is 16.7 Å². The van der Waals surface area contributed by atoms with E-state index >= 15 is 0 Å². The summed E-state index contributed by atoms with van der Waals surface area (Å²) in [6, 6.07) is 7.09. The van der Waals surface area contributed by atoms with Crippen LogP contribution >= 0.6 is 11.6 Å². The Morgan fingerprint density at radius 3 is 2.52 bits per heavy atom. The summed E-state index contributed by atoms with van der Waals surface area (Å²) in [5.74, 6) is -3.79. The fourth-order valence-corrected chi connectivity index (χ4v) is 1.96. The van der Waals surface area contributed by atoms with Crippen LogP contribution in [0, 0.1) is 21.7 Å². The van der Waals surface area contributed by atoms with Gasteiger partial charge in [0.25, 0.3) is 5.96 Å². The summed E-state index contributed by atoms with van der Waals surface area (Å²) in [5, 5.41) is 15.8. The molecule has 0 saturated heterocycles. The molecule has 0 radical (unpaired) electrons. The van der Waals surface area contributed by atoms with Crippen LogP contribution in [-0.2, 0) is 0 Å². The number of hydrogen-bond donors (Lipinski definition) is 2. The number of nitro groups is 1. The van der Waals surface area contributed by atoms with Crippen molar-refractivity contribution >= 4 is 29.7 Å². The Kier molecular flexibility index (Phi) is 6.33. The summed E-state index contributed by atoms with van der Waals surface area (Å²) in [7, 11) is 0. The van der Waals surface area contributed by atoms with Crippen molar-refractivity contribution < 1.29 is 23.3 Å². The average molecular weight is 398 g/mol. The van der Waals surface area contributed by atoms with E-state index in [4.69, 9.17) is 22.1 Å².